The smallest absolute Gasteiger partial charge is 0.298 e. The third-order valence-corrected chi connectivity index (χ3v) is 5.96. The summed E-state index contributed by atoms with van der Waals surface area (Å²) in [7, 11) is 1.53. The van der Waals surface area contributed by atoms with E-state index >= 15 is 0 Å². The first kappa shape index (κ1) is 25.4. The topological polar surface area (TPSA) is 111 Å². The van der Waals surface area contributed by atoms with Crippen molar-refractivity contribution in [2.75, 3.05) is 18.9 Å². The monoisotopic (exact) mass is 478 g/mol. The molecule has 1 aromatic carbocycles. The van der Waals surface area contributed by atoms with Gasteiger partial charge in [-0.2, -0.15) is 0 Å². The maximum absolute atomic E-state index is 13.7. The van der Waals surface area contributed by atoms with Gasteiger partial charge in [0.15, 0.2) is 5.78 Å². The molecule has 0 saturated heterocycles. The summed E-state index contributed by atoms with van der Waals surface area (Å²) in [4.78, 5) is 53.4. The zero-order valence-corrected chi connectivity index (χ0v) is 20.0. The molecule has 1 aliphatic heterocycles. The fourth-order valence-electron chi connectivity index (χ4n) is 3.70. The van der Waals surface area contributed by atoms with Crippen LogP contribution in [-0.4, -0.2) is 53.0 Å². The molecule has 0 unspecified atom stereocenters. The van der Waals surface area contributed by atoms with E-state index in [-0.39, 0.29) is 30.6 Å². The number of hydrogen-bond donors (Lipinski definition) is 3. The van der Waals surface area contributed by atoms with Crippen LogP contribution in [0.2, 0.25) is 0 Å². The van der Waals surface area contributed by atoms with Gasteiger partial charge in [0.1, 0.15) is 5.82 Å². The molecule has 3 amide bonds. The van der Waals surface area contributed by atoms with Crippen LogP contribution in [0, 0.1) is 24.6 Å². The van der Waals surface area contributed by atoms with Crippen molar-refractivity contribution in [3.8, 4) is 11.8 Å². The predicted molar refractivity (Wildman–Crippen MR) is 131 cm³/mol. The second-order valence-electron chi connectivity index (χ2n) is 8.24. The highest BCUT2D eigenvalue weighted by atomic mass is 19.1. The van der Waals surface area contributed by atoms with Crippen LogP contribution in [0.1, 0.15) is 53.9 Å². The Morgan fingerprint density at radius 3 is 2.74 bits per heavy atom. The lowest BCUT2D eigenvalue weighted by Crippen LogP contribution is -2.40. The van der Waals surface area contributed by atoms with Crippen LogP contribution in [0.4, 0.5) is 10.1 Å². The van der Waals surface area contributed by atoms with E-state index in [2.05, 4.69) is 27.5 Å². The summed E-state index contributed by atoms with van der Waals surface area (Å²) < 4.78 is 13.7. The predicted octanol–water partition coefficient (Wildman–Crippen LogP) is 2.90. The third-order valence-electron chi connectivity index (χ3n) is 5.96. The van der Waals surface area contributed by atoms with Gasteiger partial charge in [0.25, 0.3) is 17.7 Å². The van der Waals surface area contributed by atoms with Crippen LogP contribution >= 0.6 is 0 Å². The van der Waals surface area contributed by atoms with Gasteiger partial charge in [0, 0.05) is 43.2 Å². The van der Waals surface area contributed by atoms with Crippen molar-refractivity contribution in [3.63, 3.8) is 0 Å². The number of amides is 3. The van der Waals surface area contributed by atoms with Crippen molar-refractivity contribution in [3.05, 3.63) is 52.6 Å². The van der Waals surface area contributed by atoms with E-state index in [0.29, 0.717) is 40.1 Å². The minimum atomic E-state index is -0.604. The third kappa shape index (κ3) is 5.66. The van der Waals surface area contributed by atoms with E-state index in [0.717, 1.165) is 0 Å². The highest BCUT2D eigenvalue weighted by molar-refractivity contribution is 6.34. The second-order valence-corrected chi connectivity index (χ2v) is 8.24. The summed E-state index contributed by atoms with van der Waals surface area (Å²) in [6.45, 7) is 5.22. The first-order valence-electron chi connectivity index (χ1n) is 11.2. The fraction of sp³-hybridized carbons (Fsp3) is 0.308. The van der Waals surface area contributed by atoms with Crippen LogP contribution in [0.15, 0.2) is 24.4 Å². The number of likely N-dealkylation sites (N-methyl/N-ethyl adjacent to an activating group) is 1. The van der Waals surface area contributed by atoms with Crippen molar-refractivity contribution in [2.45, 2.75) is 39.7 Å². The molecule has 35 heavy (non-hydrogen) atoms. The van der Waals surface area contributed by atoms with Crippen LogP contribution < -0.4 is 10.6 Å². The number of halogens is 1. The second kappa shape index (κ2) is 10.8. The highest BCUT2D eigenvalue weighted by Crippen LogP contribution is 2.34. The van der Waals surface area contributed by atoms with Crippen LogP contribution in [0.3, 0.4) is 0 Å². The number of anilines is 1. The van der Waals surface area contributed by atoms with Gasteiger partial charge in [-0.1, -0.05) is 5.92 Å². The first-order chi connectivity index (χ1) is 16.6. The molecule has 2 aromatic rings. The number of H-pyrrole nitrogens is 1. The van der Waals surface area contributed by atoms with E-state index in [1.54, 1.807) is 33.0 Å². The molecule has 0 spiro atoms. The van der Waals surface area contributed by atoms with Gasteiger partial charge >= 0.3 is 0 Å². The molecular weight excluding hydrogens is 451 g/mol. The Morgan fingerprint density at radius 1 is 1.29 bits per heavy atom. The Hall–Kier alpha value is -4.19. The van der Waals surface area contributed by atoms with E-state index in [1.807, 2.05) is 0 Å². The Bertz CT molecular complexity index is 1280. The first-order valence-corrected chi connectivity index (χ1v) is 11.2. The standard InChI is InChI=1S/C26H27FN4O4/c1-5-7-24(33)31(4)16(3)23(32)8-6-11-28-25(34)20-14-29-22(15(20)2)13-19-18-12-17(27)9-10-21(18)30-26(19)35/h9-10,12-14,16,29H,6,8,11H2,1-4H3,(H,28,34)(H,30,35)/b19-13-/t16-/m0/s1. The molecule has 0 bridgehead atoms. The van der Waals surface area contributed by atoms with E-state index in [1.165, 1.54) is 30.1 Å². The van der Waals surface area contributed by atoms with Gasteiger partial charge in [-0.25, -0.2) is 4.39 Å². The summed E-state index contributed by atoms with van der Waals surface area (Å²) in [5.74, 6) is 3.26. The molecular formula is C26H27FN4O4. The van der Waals surface area contributed by atoms with Gasteiger partial charge in [-0.3, -0.25) is 19.2 Å². The SMILES string of the molecule is CC#CC(=O)N(C)[C@@H](C)C(=O)CCCNC(=O)c1c[nH]c(/C=C2\C(=O)Nc3ccc(F)cc32)c1C. The maximum atomic E-state index is 13.7. The lowest BCUT2D eigenvalue weighted by molar-refractivity contribution is -0.133. The van der Waals surface area contributed by atoms with Gasteiger partial charge in [0.2, 0.25) is 0 Å². The molecule has 182 valence electrons. The van der Waals surface area contributed by atoms with Crippen molar-refractivity contribution in [2.24, 2.45) is 0 Å². The molecule has 0 aliphatic carbocycles. The minimum Gasteiger partial charge on any atom is -0.361 e. The fourth-order valence-corrected chi connectivity index (χ4v) is 3.70. The highest BCUT2D eigenvalue weighted by Gasteiger charge is 2.25. The van der Waals surface area contributed by atoms with Crippen LogP contribution in [0.25, 0.3) is 11.6 Å². The Morgan fingerprint density at radius 2 is 2.03 bits per heavy atom. The quantitative estimate of drug-likeness (QED) is 0.308. The Labute approximate surface area is 203 Å². The number of nitrogens with one attached hydrogen (secondary N) is 3. The molecule has 1 aromatic heterocycles. The molecule has 0 fully saturated rings. The molecule has 2 heterocycles. The summed E-state index contributed by atoms with van der Waals surface area (Å²) in [6.07, 6.45) is 3.75. The number of carbonyl (C=O) groups excluding carboxylic acids is 4. The van der Waals surface area contributed by atoms with E-state index in [9.17, 15) is 23.6 Å². The molecule has 8 nitrogen and oxygen atoms in total. The number of rotatable bonds is 8. The average Bonchev–Trinajstić information content (AvgIpc) is 3.34. The number of ketones is 1. The molecule has 3 rings (SSSR count). The van der Waals surface area contributed by atoms with Crippen molar-refractivity contribution >= 4 is 40.8 Å². The number of nitrogens with zero attached hydrogens (tertiary/aromatic N) is 1. The molecule has 0 saturated carbocycles. The van der Waals surface area contributed by atoms with Gasteiger partial charge in [0.05, 0.1) is 17.2 Å². The summed E-state index contributed by atoms with van der Waals surface area (Å²) in [5, 5.41) is 5.47. The van der Waals surface area contributed by atoms with Crippen LogP contribution in [-0.2, 0) is 14.4 Å². The molecule has 3 N–H and O–H groups in total. The maximum Gasteiger partial charge on any atom is 0.298 e. The number of benzene rings is 1. The summed E-state index contributed by atoms with van der Waals surface area (Å²) >= 11 is 0. The van der Waals surface area contributed by atoms with Crippen LogP contribution in [0.5, 0.6) is 0 Å². The van der Waals surface area contributed by atoms with Gasteiger partial charge < -0.3 is 20.5 Å². The average molecular weight is 479 g/mol. The van der Waals surface area contributed by atoms with E-state index < -0.39 is 17.8 Å². The van der Waals surface area contributed by atoms with Gasteiger partial charge in [-0.05, 0) is 63.0 Å². The number of Topliss-reactive ketones (excluding diaryl/α,β-unsaturated/α-hetero) is 1. The van der Waals surface area contributed by atoms with Crippen molar-refractivity contribution < 1.29 is 23.6 Å². The molecule has 9 heteroatoms. The van der Waals surface area contributed by atoms with Gasteiger partial charge in [-0.15, -0.1) is 0 Å². The number of aromatic amines is 1. The number of fused-ring (bicyclic) bond motifs is 1. The summed E-state index contributed by atoms with van der Waals surface area (Å²) in [5.41, 5.74) is 2.89. The number of aromatic nitrogens is 1. The lowest BCUT2D eigenvalue weighted by atomic mass is 10.0. The van der Waals surface area contributed by atoms with Crippen molar-refractivity contribution in [1.29, 1.82) is 0 Å². The van der Waals surface area contributed by atoms with Crippen molar-refractivity contribution in [1.82, 2.24) is 15.2 Å². The minimum absolute atomic E-state index is 0.119. The Balaban J connectivity index is 1.58. The largest absolute Gasteiger partial charge is 0.361 e. The lowest BCUT2D eigenvalue weighted by Gasteiger charge is -2.21. The number of carbonyl (C=O) groups is 4. The molecule has 0 radical (unpaired) electrons. The molecule has 1 aliphatic rings. The normalized spacial score (nSPS) is 14.0. The summed E-state index contributed by atoms with van der Waals surface area (Å²) in [6, 6.07) is 3.47. The van der Waals surface area contributed by atoms with E-state index in [4.69, 9.17) is 0 Å². The zero-order chi connectivity index (χ0) is 25.7. The zero-order valence-electron chi connectivity index (χ0n) is 20.0. The number of hydrogen-bond acceptors (Lipinski definition) is 4. The Kier molecular flexibility index (Phi) is 7.87. The molecule has 1 atom stereocenters.